The highest BCUT2D eigenvalue weighted by Crippen LogP contribution is 2.19. The van der Waals surface area contributed by atoms with E-state index in [1.807, 2.05) is 0 Å². The van der Waals surface area contributed by atoms with Crippen molar-refractivity contribution >= 4 is 11.7 Å². The van der Waals surface area contributed by atoms with Gasteiger partial charge in [-0.15, -0.1) is 0 Å². The lowest BCUT2D eigenvalue weighted by Crippen LogP contribution is -2.41. The molecular formula is C14H15FN2O2. The van der Waals surface area contributed by atoms with Gasteiger partial charge in [0.25, 0.3) is 0 Å². The molecule has 0 unspecified atom stereocenters. The van der Waals surface area contributed by atoms with Gasteiger partial charge in [-0.3, -0.25) is 0 Å². The van der Waals surface area contributed by atoms with Crippen LogP contribution in [0, 0.1) is 17.7 Å². The number of anilines is 1. The summed E-state index contributed by atoms with van der Waals surface area (Å²) in [6.07, 6.45) is 3.08. The number of rotatable bonds is 2. The van der Waals surface area contributed by atoms with Crippen molar-refractivity contribution in [2.45, 2.75) is 25.3 Å². The van der Waals surface area contributed by atoms with Gasteiger partial charge in [0.1, 0.15) is 12.4 Å². The molecule has 0 heterocycles. The van der Waals surface area contributed by atoms with Crippen molar-refractivity contribution in [3.05, 3.63) is 29.6 Å². The minimum Gasteiger partial charge on any atom is -0.384 e. The molecule has 0 atom stereocenters. The summed E-state index contributed by atoms with van der Waals surface area (Å²) in [6.45, 7) is -0.272. The minimum atomic E-state index is -0.548. The molecule has 3 N–H and O–H groups in total. The number of urea groups is 1. The van der Waals surface area contributed by atoms with Gasteiger partial charge in [-0.25, -0.2) is 9.18 Å². The second kappa shape index (κ2) is 6.21. The highest BCUT2D eigenvalue weighted by Gasteiger charge is 2.19. The zero-order valence-corrected chi connectivity index (χ0v) is 10.4. The van der Waals surface area contributed by atoms with Gasteiger partial charge in [-0.2, -0.15) is 0 Å². The summed E-state index contributed by atoms with van der Waals surface area (Å²) in [5.74, 6) is 4.48. The first-order valence-corrected chi connectivity index (χ1v) is 6.16. The van der Waals surface area contributed by atoms with Crippen LogP contribution in [0.25, 0.3) is 0 Å². The van der Waals surface area contributed by atoms with E-state index in [1.54, 1.807) is 6.07 Å². The third-order valence-electron chi connectivity index (χ3n) is 2.97. The summed E-state index contributed by atoms with van der Waals surface area (Å²) in [5, 5.41) is 13.8. The van der Waals surface area contributed by atoms with Crippen LogP contribution in [0.5, 0.6) is 0 Å². The van der Waals surface area contributed by atoms with Gasteiger partial charge in [-0.05, 0) is 37.5 Å². The topological polar surface area (TPSA) is 61.4 Å². The van der Waals surface area contributed by atoms with Crippen LogP contribution in [0.2, 0.25) is 0 Å². The average molecular weight is 262 g/mol. The van der Waals surface area contributed by atoms with Crippen LogP contribution in [-0.2, 0) is 0 Å². The predicted molar refractivity (Wildman–Crippen MR) is 70.2 cm³/mol. The zero-order chi connectivity index (χ0) is 13.7. The fraction of sp³-hybridized carbons (Fsp3) is 0.357. The van der Waals surface area contributed by atoms with Crippen LogP contribution in [0.1, 0.15) is 24.8 Å². The van der Waals surface area contributed by atoms with Crippen molar-refractivity contribution in [3.8, 4) is 11.8 Å². The number of aliphatic hydroxyl groups excluding tert-OH is 1. The Morgan fingerprint density at radius 1 is 1.47 bits per heavy atom. The fourth-order valence-electron chi connectivity index (χ4n) is 1.73. The first kappa shape index (κ1) is 13.4. The molecule has 19 heavy (non-hydrogen) atoms. The second-order valence-corrected chi connectivity index (χ2v) is 4.38. The first-order chi connectivity index (χ1) is 9.19. The lowest BCUT2D eigenvalue weighted by molar-refractivity contribution is 0.240. The Labute approximate surface area is 111 Å². The van der Waals surface area contributed by atoms with Gasteiger partial charge in [0.05, 0.1) is 5.69 Å². The largest absolute Gasteiger partial charge is 0.384 e. The summed E-state index contributed by atoms with van der Waals surface area (Å²) in [4.78, 5) is 11.6. The monoisotopic (exact) mass is 262 g/mol. The molecule has 1 aliphatic carbocycles. The zero-order valence-electron chi connectivity index (χ0n) is 10.4. The minimum absolute atomic E-state index is 0.117. The lowest BCUT2D eigenvalue weighted by atomic mass is 9.93. The normalized spacial score (nSPS) is 14.0. The van der Waals surface area contributed by atoms with Gasteiger partial charge >= 0.3 is 6.03 Å². The number of hydrogen-bond donors (Lipinski definition) is 3. The van der Waals surface area contributed by atoms with E-state index in [2.05, 4.69) is 22.5 Å². The molecule has 1 saturated carbocycles. The van der Waals surface area contributed by atoms with E-state index in [4.69, 9.17) is 5.11 Å². The summed E-state index contributed by atoms with van der Waals surface area (Å²) in [5.41, 5.74) is 0.572. The standard InChI is InChI=1S/C14H15FN2O2/c15-12-9-10(3-2-8-18)6-7-13(12)17-14(19)16-11-4-1-5-11/h6-7,9,11,18H,1,4-5,8H2,(H2,16,17,19). The second-order valence-electron chi connectivity index (χ2n) is 4.38. The number of halogens is 1. The van der Waals surface area contributed by atoms with Crippen LogP contribution in [0.15, 0.2) is 18.2 Å². The number of nitrogens with one attached hydrogen (secondary N) is 2. The molecule has 1 fully saturated rings. The maximum atomic E-state index is 13.7. The van der Waals surface area contributed by atoms with Crippen molar-refractivity contribution in [1.29, 1.82) is 0 Å². The summed E-state index contributed by atoms with van der Waals surface area (Å²) in [6, 6.07) is 4.08. The smallest absolute Gasteiger partial charge is 0.319 e. The Hall–Kier alpha value is -2.06. The van der Waals surface area contributed by atoms with E-state index in [0.29, 0.717) is 5.56 Å². The van der Waals surface area contributed by atoms with Gasteiger partial charge in [0.2, 0.25) is 0 Å². The quantitative estimate of drug-likeness (QED) is 0.712. The summed E-state index contributed by atoms with van der Waals surface area (Å²) in [7, 11) is 0. The van der Waals surface area contributed by atoms with Crippen molar-refractivity contribution in [3.63, 3.8) is 0 Å². The van der Waals surface area contributed by atoms with E-state index < -0.39 is 11.8 Å². The van der Waals surface area contributed by atoms with Crippen LogP contribution in [-0.4, -0.2) is 23.8 Å². The summed E-state index contributed by atoms with van der Waals surface area (Å²) >= 11 is 0. The third kappa shape index (κ3) is 3.70. The lowest BCUT2D eigenvalue weighted by Gasteiger charge is -2.26. The van der Waals surface area contributed by atoms with Crippen molar-refractivity contribution < 1.29 is 14.3 Å². The Balaban J connectivity index is 1.97. The molecule has 1 aromatic carbocycles. The number of benzene rings is 1. The molecule has 0 aromatic heterocycles. The maximum absolute atomic E-state index is 13.7. The number of amides is 2. The Bertz CT molecular complexity index is 530. The fourth-order valence-corrected chi connectivity index (χ4v) is 1.73. The van der Waals surface area contributed by atoms with Crippen LogP contribution in [0.3, 0.4) is 0 Å². The number of aliphatic hydroxyl groups is 1. The Morgan fingerprint density at radius 3 is 2.84 bits per heavy atom. The number of hydrogen-bond acceptors (Lipinski definition) is 2. The van der Waals surface area contributed by atoms with Crippen LogP contribution in [0.4, 0.5) is 14.9 Å². The molecule has 2 rings (SSSR count). The van der Waals surface area contributed by atoms with Crippen LogP contribution >= 0.6 is 0 Å². The Kier molecular flexibility index (Phi) is 4.37. The summed E-state index contributed by atoms with van der Waals surface area (Å²) < 4.78 is 13.7. The number of carbonyl (C=O) groups is 1. The van der Waals surface area contributed by atoms with Crippen LogP contribution < -0.4 is 10.6 Å². The molecule has 1 aliphatic rings. The molecular weight excluding hydrogens is 247 g/mol. The molecule has 0 spiro atoms. The van der Waals surface area contributed by atoms with Gasteiger partial charge in [0, 0.05) is 11.6 Å². The van der Waals surface area contributed by atoms with E-state index in [-0.39, 0.29) is 18.3 Å². The predicted octanol–water partition coefficient (Wildman–Crippen LogP) is 1.84. The molecule has 4 nitrogen and oxygen atoms in total. The SMILES string of the molecule is O=C(Nc1ccc(C#CCO)cc1F)NC1CCC1. The molecule has 5 heteroatoms. The van der Waals surface area contributed by atoms with Crippen molar-refractivity contribution in [2.75, 3.05) is 11.9 Å². The average Bonchev–Trinajstić information content (AvgIpc) is 2.34. The molecule has 1 aromatic rings. The first-order valence-electron chi connectivity index (χ1n) is 6.16. The highest BCUT2D eigenvalue weighted by molar-refractivity contribution is 5.89. The van der Waals surface area contributed by atoms with Gasteiger partial charge in [0.15, 0.2) is 0 Å². The van der Waals surface area contributed by atoms with E-state index in [9.17, 15) is 9.18 Å². The maximum Gasteiger partial charge on any atom is 0.319 e. The van der Waals surface area contributed by atoms with Crippen molar-refractivity contribution in [1.82, 2.24) is 5.32 Å². The molecule has 100 valence electrons. The van der Waals surface area contributed by atoms with E-state index in [0.717, 1.165) is 19.3 Å². The third-order valence-corrected chi connectivity index (χ3v) is 2.97. The van der Waals surface area contributed by atoms with E-state index >= 15 is 0 Å². The van der Waals surface area contributed by atoms with Gasteiger partial charge in [-0.1, -0.05) is 11.8 Å². The molecule has 0 saturated heterocycles. The Morgan fingerprint density at radius 2 is 2.26 bits per heavy atom. The highest BCUT2D eigenvalue weighted by atomic mass is 19.1. The van der Waals surface area contributed by atoms with E-state index in [1.165, 1.54) is 12.1 Å². The van der Waals surface area contributed by atoms with Crippen molar-refractivity contribution in [2.24, 2.45) is 0 Å². The molecule has 0 radical (unpaired) electrons. The molecule has 2 amide bonds. The van der Waals surface area contributed by atoms with Gasteiger partial charge < -0.3 is 15.7 Å². The molecule has 0 bridgehead atoms. The number of carbonyl (C=O) groups excluding carboxylic acids is 1. The molecule has 0 aliphatic heterocycles.